The number of hydrogen-bond donors (Lipinski definition) is 1. The molecule has 19 heavy (non-hydrogen) atoms. The fourth-order valence-corrected chi connectivity index (χ4v) is 2.82. The van der Waals surface area contributed by atoms with Crippen molar-refractivity contribution in [1.82, 2.24) is 5.32 Å². The van der Waals surface area contributed by atoms with Gasteiger partial charge in [0.25, 0.3) is 0 Å². The Morgan fingerprint density at radius 2 is 2.11 bits per heavy atom. The van der Waals surface area contributed by atoms with Crippen molar-refractivity contribution in [1.29, 1.82) is 0 Å². The molecular formula is C14H14Br2FNO. The molecular weight excluding hydrogens is 377 g/mol. The quantitative estimate of drug-likeness (QED) is 0.774. The van der Waals surface area contributed by atoms with Gasteiger partial charge in [0.05, 0.1) is 16.8 Å². The van der Waals surface area contributed by atoms with Crippen LogP contribution in [-0.2, 0) is 0 Å². The van der Waals surface area contributed by atoms with E-state index in [9.17, 15) is 4.39 Å². The molecule has 0 bridgehead atoms. The van der Waals surface area contributed by atoms with Crippen LogP contribution in [0.4, 0.5) is 4.39 Å². The summed E-state index contributed by atoms with van der Waals surface area (Å²) in [5.74, 6) is 0.487. The van der Waals surface area contributed by atoms with E-state index in [0.717, 1.165) is 28.8 Å². The molecule has 0 aliphatic heterocycles. The second-order valence-electron chi connectivity index (χ2n) is 4.22. The van der Waals surface area contributed by atoms with Gasteiger partial charge in [-0.1, -0.05) is 22.9 Å². The molecule has 102 valence electrons. The third kappa shape index (κ3) is 3.68. The van der Waals surface area contributed by atoms with Crippen LogP contribution in [0.3, 0.4) is 0 Å². The van der Waals surface area contributed by atoms with Gasteiger partial charge in [0.15, 0.2) is 0 Å². The van der Waals surface area contributed by atoms with Crippen LogP contribution in [0.25, 0.3) is 0 Å². The molecule has 0 amide bonds. The Morgan fingerprint density at radius 3 is 2.68 bits per heavy atom. The van der Waals surface area contributed by atoms with Gasteiger partial charge in [-0.15, -0.1) is 0 Å². The number of rotatable bonds is 5. The highest BCUT2D eigenvalue weighted by Gasteiger charge is 2.20. The Bertz CT molecular complexity index is 536. The third-order valence-electron chi connectivity index (χ3n) is 2.72. The molecule has 0 aliphatic carbocycles. The van der Waals surface area contributed by atoms with E-state index in [1.54, 1.807) is 6.26 Å². The first-order valence-corrected chi connectivity index (χ1v) is 7.62. The monoisotopic (exact) mass is 389 g/mol. The fourth-order valence-electron chi connectivity index (χ4n) is 1.90. The lowest BCUT2D eigenvalue weighted by atomic mass is 10.0. The fraction of sp³-hybridized carbons (Fsp3) is 0.286. The lowest BCUT2D eigenvalue weighted by Gasteiger charge is -2.18. The Morgan fingerprint density at radius 1 is 1.32 bits per heavy atom. The average Bonchev–Trinajstić information content (AvgIpc) is 2.75. The van der Waals surface area contributed by atoms with Crippen LogP contribution < -0.4 is 5.32 Å². The van der Waals surface area contributed by atoms with Gasteiger partial charge >= 0.3 is 0 Å². The standard InChI is InChI=1S/C14H14Br2FNO/c1-2-4-18-13(14-12(16)3-5-19-14)9-6-10(15)8-11(17)7-9/h3,5-8,13,18H,2,4H2,1H3. The third-order valence-corrected chi connectivity index (χ3v) is 3.84. The molecule has 0 aliphatic rings. The Labute approximate surface area is 128 Å². The van der Waals surface area contributed by atoms with Crippen molar-refractivity contribution in [3.8, 4) is 0 Å². The molecule has 1 aromatic carbocycles. The van der Waals surface area contributed by atoms with Crippen LogP contribution in [0.5, 0.6) is 0 Å². The zero-order chi connectivity index (χ0) is 13.8. The summed E-state index contributed by atoms with van der Waals surface area (Å²) >= 11 is 6.78. The van der Waals surface area contributed by atoms with Crippen LogP contribution in [0.15, 0.2) is 43.9 Å². The first-order valence-electron chi connectivity index (χ1n) is 6.04. The van der Waals surface area contributed by atoms with Crippen LogP contribution in [0, 0.1) is 5.82 Å². The van der Waals surface area contributed by atoms with Gasteiger partial charge in [0, 0.05) is 4.47 Å². The van der Waals surface area contributed by atoms with E-state index < -0.39 is 0 Å². The maximum Gasteiger partial charge on any atom is 0.139 e. The lowest BCUT2D eigenvalue weighted by Crippen LogP contribution is -2.23. The van der Waals surface area contributed by atoms with Crippen molar-refractivity contribution in [2.45, 2.75) is 19.4 Å². The zero-order valence-electron chi connectivity index (χ0n) is 10.4. The summed E-state index contributed by atoms with van der Waals surface area (Å²) in [6, 6.07) is 6.52. The second-order valence-corrected chi connectivity index (χ2v) is 5.99. The van der Waals surface area contributed by atoms with Gasteiger partial charge in [-0.3, -0.25) is 0 Å². The van der Waals surface area contributed by atoms with E-state index in [2.05, 4.69) is 44.1 Å². The number of hydrogen-bond acceptors (Lipinski definition) is 2. The average molecular weight is 391 g/mol. The highest BCUT2D eigenvalue weighted by molar-refractivity contribution is 9.10. The number of furan rings is 1. The molecule has 0 saturated carbocycles. The molecule has 5 heteroatoms. The SMILES string of the molecule is CCCNC(c1cc(F)cc(Br)c1)c1occc1Br. The topological polar surface area (TPSA) is 25.2 Å². The van der Waals surface area contributed by atoms with Crippen LogP contribution in [0.1, 0.15) is 30.7 Å². The predicted molar refractivity (Wildman–Crippen MR) is 80.6 cm³/mol. The van der Waals surface area contributed by atoms with Gasteiger partial charge in [0.1, 0.15) is 11.6 Å². The summed E-state index contributed by atoms with van der Waals surface area (Å²) in [5, 5.41) is 3.37. The van der Waals surface area contributed by atoms with Crippen molar-refractivity contribution in [2.24, 2.45) is 0 Å². The molecule has 2 aromatic rings. The van der Waals surface area contributed by atoms with E-state index in [-0.39, 0.29) is 11.9 Å². The first-order chi connectivity index (χ1) is 9.11. The Hall–Kier alpha value is -0.650. The molecule has 0 spiro atoms. The molecule has 1 heterocycles. The van der Waals surface area contributed by atoms with Gasteiger partial charge < -0.3 is 9.73 Å². The summed E-state index contributed by atoms with van der Waals surface area (Å²) in [7, 11) is 0. The normalized spacial score (nSPS) is 12.6. The first kappa shape index (κ1) is 14.8. The summed E-state index contributed by atoms with van der Waals surface area (Å²) < 4.78 is 20.7. The number of nitrogens with one attached hydrogen (secondary N) is 1. The molecule has 0 radical (unpaired) electrons. The smallest absolute Gasteiger partial charge is 0.139 e. The van der Waals surface area contributed by atoms with Crippen LogP contribution in [0.2, 0.25) is 0 Å². The largest absolute Gasteiger partial charge is 0.466 e. The van der Waals surface area contributed by atoms with E-state index in [4.69, 9.17) is 4.42 Å². The number of benzene rings is 1. The highest BCUT2D eigenvalue weighted by Crippen LogP contribution is 2.31. The Balaban J connectivity index is 2.39. The summed E-state index contributed by atoms with van der Waals surface area (Å²) in [6.07, 6.45) is 2.61. The van der Waals surface area contributed by atoms with E-state index in [1.165, 1.54) is 12.1 Å². The van der Waals surface area contributed by atoms with Crippen molar-refractivity contribution in [2.75, 3.05) is 6.54 Å². The van der Waals surface area contributed by atoms with Crippen molar-refractivity contribution in [3.05, 3.63) is 56.6 Å². The minimum Gasteiger partial charge on any atom is -0.466 e. The van der Waals surface area contributed by atoms with E-state index in [1.807, 2.05) is 12.1 Å². The molecule has 0 saturated heterocycles. The lowest BCUT2D eigenvalue weighted by molar-refractivity contribution is 0.443. The molecule has 1 unspecified atom stereocenters. The second kappa shape index (κ2) is 6.68. The minimum absolute atomic E-state index is 0.170. The van der Waals surface area contributed by atoms with Gasteiger partial charge in [-0.2, -0.15) is 0 Å². The summed E-state index contributed by atoms with van der Waals surface area (Å²) in [5.41, 5.74) is 0.830. The minimum atomic E-state index is -0.268. The van der Waals surface area contributed by atoms with Crippen molar-refractivity contribution < 1.29 is 8.81 Å². The molecule has 2 rings (SSSR count). The van der Waals surface area contributed by atoms with Crippen molar-refractivity contribution in [3.63, 3.8) is 0 Å². The molecule has 1 atom stereocenters. The molecule has 1 aromatic heterocycles. The van der Waals surface area contributed by atoms with Gasteiger partial charge in [-0.25, -0.2) is 4.39 Å². The van der Waals surface area contributed by atoms with Crippen LogP contribution >= 0.6 is 31.9 Å². The molecule has 2 nitrogen and oxygen atoms in total. The Kier molecular flexibility index (Phi) is 5.19. The van der Waals surface area contributed by atoms with Gasteiger partial charge in [0.2, 0.25) is 0 Å². The summed E-state index contributed by atoms with van der Waals surface area (Å²) in [4.78, 5) is 0. The van der Waals surface area contributed by atoms with E-state index >= 15 is 0 Å². The molecule has 0 fully saturated rings. The maximum absolute atomic E-state index is 13.6. The molecule has 1 N–H and O–H groups in total. The van der Waals surface area contributed by atoms with Crippen LogP contribution in [-0.4, -0.2) is 6.54 Å². The maximum atomic E-state index is 13.6. The highest BCUT2D eigenvalue weighted by atomic mass is 79.9. The summed E-state index contributed by atoms with van der Waals surface area (Å²) in [6.45, 7) is 2.91. The zero-order valence-corrected chi connectivity index (χ0v) is 13.6. The van der Waals surface area contributed by atoms with E-state index in [0.29, 0.717) is 4.47 Å². The predicted octanol–water partition coefficient (Wildman–Crippen LogP) is 5.03. The van der Waals surface area contributed by atoms with Gasteiger partial charge in [-0.05, 0) is 58.7 Å². The number of halogens is 3. The van der Waals surface area contributed by atoms with Crippen molar-refractivity contribution >= 4 is 31.9 Å².